The van der Waals surface area contributed by atoms with Gasteiger partial charge in [0.2, 0.25) is 0 Å². The van der Waals surface area contributed by atoms with E-state index in [9.17, 15) is 0 Å². The van der Waals surface area contributed by atoms with Crippen LogP contribution in [0.25, 0.3) is 0 Å². The van der Waals surface area contributed by atoms with Crippen molar-refractivity contribution in [2.24, 2.45) is 0 Å². The Hall–Kier alpha value is 2.14. The first-order valence-corrected chi connectivity index (χ1v) is 2.96. The van der Waals surface area contributed by atoms with Gasteiger partial charge in [0.05, 0.1) is 0 Å². The number of hydrogen-bond acceptors (Lipinski definition) is 3. The second-order valence-corrected chi connectivity index (χ2v) is 1.21. The Labute approximate surface area is 93.4 Å². The van der Waals surface area contributed by atoms with Crippen molar-refractivity contribution < 1.29 is 27.4 Å². The summed E-state index contributed by atoms with van der Waals surface area (Å²) in [6.07, 6.45) is 0. The molecule has 0 rings (SSSR count). The van der Waals surface area contributed by atoms with Gasteiger partial charge in [-0.15, -0.1) is 0 Å². The Kier molecular flexibility index (Phi) is 12.5. The molecule has 0 aliphatic heterocycles. The molecule has 0 bridgehead atoms. The number of rotatable bonds is 0. The Bertz CT molecular complexity index is 76.3. The molecule has 0 aliphatic rings. The van der Waals surface area contributed by atoms with Crippen molar-refractivity contribution in [2.75, 3.05) is 0 Å². The van der Waals surface area contributed by atoms with Crippen LogP contribution in [0.5, 0.6) is 0 Å². The zero-order valence-corrected chi connectivity index (χ0v) is 10.9. The van der Waals surface area contributed by atoms with E-state index in [-0.39, 0.29) is 68.9 Å². The van der Waals surface area contributed by atoms with Gasteiger partial charge in [-0.2, -0.15) is 0 Å². The van der Waals surface area contributed by atoms with E-state index in [1.54, 1.807) is 0 Å². The Morgan fingerprint density at radius 1 is 1.00 bits per heavy atom. The maximum absolute atomic E-state index is 8.59. The Balaban J connectivity index is 0. The monoisotopic (exact) mass is 279 g/mol. The molecule has 0 N–H and O–H groups in total. The van der Waals surface area contributed by atoms with Gasteiger partial charge >= 0.3 is 27.4 Å². The summed E-state index contributed by atoms with van der Waals surface area (Å²) in [7, 11) is 0. The molecule has 0 aromatic carbocycles. The normalized spacial score (nSPS) is 4.80. The van der Waals surface area contributed by atoms with Crippen molar-refractivity contribution in [3.05, 3.63) is 0 Å². The summed E-state index contributed by atoms with van der Waals surface area (Å²) >= 11 is -4.11. The Morgan fingerprint density at radius 2 is 1.00 bits per heavy atom. The average Bonchev–Trinajstić information content (AvgIpc) is 0.811. The van der Waals surface area contributed by atoms with Gasteiger partial charge in [-0.1, -0.05) is 0 Å². The van der Waals surface area contributed by atoms with E-state index in [0.29, 0.717) is 0 Å². The standard InChI is InChI=1S/Cs.Mo.3O. The maximum atomic E-state index is 8.59. The van der Waals surface area contributed by atoms with Crippen LogP contribution < -0.4 is 0 Å². The zero-order valence-electron chi connectivity index (χ0n) is 2.63. The van der Waals surface area contributed by atoms with Crippen LogP contribution in [0, 0.1) is 0 Å². The third-order valence-corrected chi connectivity index (χ3v) is 0. The first-order valence-electron chi connectivity index (χ1n) is 0.500. The number of hydrogen-bond donors (Lipinski definition) is 0. The minimum absolute atomic E-state index is 0. The molecule has 0 saturated carbocycles. The van der Waals surface area contributed by atoms with Crippen LogP contribution in [-0.2, 0) is 27.4 Å². The molecule has 0 aromatic heterocycles. The van der Waals surface area contributed by atoms with Crippen LogP contribution in [0.15, 0.2) is 0 Å². The fraction of sp³-hybridized carbons (Fsp3) is 0. The zero-order chi connectivity index (χ0) is 3.58. The predicted molar refractivity (Wildman–Crippen MR) is 7.81 cm³/mol. The SMILES string of the molecule is [Cs].[O]=[Mo](=[O])=[O]. The third kappa shape index (κ3) is 23.0. The molecule has 3 nitrogen and oxygen atoms in total. The molecular formula is CsMoO3. The van der Waals surface area contributed by atoms with Crippen LogP contribution in [-0.4, -0.2) is 68.9 Å². The topological polar surface area (TPSA) is 51.2 Å². The average molecular weight is 277 g/mol. The molecule has 0 amide bonds. The van der Waals surface area contributed by atoms with E-state index in [0.717, 1.165) is 0 Å². The molecule has 0 fully saturated rings. The van der Waals surface area contributed by atoms with Crippen molar-refractivity contribution in [3.8, 4) is 0 Å². The molecule has 0 aromatic rings. The molecular weight excluding hydrogens is 277 g/mol. The van der Waals surface area contributed by atoms with Crippen molar-refractivity contribution >= 4 is 68.9 Å². The van der Waals surface area contributed by atoms with E-state index in [4.69, 9.17) is 10.2 Å². The van der Waals surface area contributed by atoms with Crippen molar-refractivity contribution in [2.45, 2.75) is 0 Å². The molecule has 1 radical (unpaired) electrons. The second-order valence-electron chi connectivity index (χ2n) is 0.204. The van der Waals surface area contributed by atoms with Crippen molar-refractivity contribution in [3.63, 3.8) is 0 Å². The summed E-state index contributed by atoms with van der Waals surface area (Å²) in [5, 5.41) is 0. The van der Waals surface area contributed by atoms with Gasteiger partial charge in [0.15, 0.2) is 0 Å². The molecule has 0 saturated heterocycles. The quantitative estimate of drug-likeness (QED) is 0.548. The molecule has 5 heavy (non-hydrogen) atoms. The summed E-state index contributed by atoms with van der Waals surface area (Å²) in [4.78, 5) is 0. The molecule has 0 aliphatic carbocycles. The molecule has 0 heterocycles. The van der Waals surface area contributed by atoms with Gasteiger partial charge in [-0.25, -0.2) is 0 Å². The van der Waals surface area contributed by atoms with Gasteiger partial charge in [-0.05, 0) is 0 Å². The molecule has 5 heteroatoms. The second kappa shape index (κ2) is 6.14. The fourth-order valence-corrected chi connectivity index (χ4v) is 0. The van der Waals surface area contributed by atoms with Gasteiger partial charge in [0.1, 0.15) is 0 Å². The van der Waals surface area contributed by atoms with Crippen molar-refractivity contribution in [1.82, 2.24) is 0 Å². The molecule has 0 atom stereocenters. The summed E-state index contributed by atoms with van der Waals surface area (Å²) in [5.41, 5.74) is 0. The Morgan fingerprint density at radius 3 is 1.00 bits per heavy atom. The molecule has 25 valence electrons. The predicted octanol–water partition coefficient (Wildman–Crippen LogP) is -0.740. The first-order chi connectivity index (χ1) is 1.73. The van der Waals surface area contributed by atoms with Crippen LogP contribution >= 0.6 is 0 Å². The molecule has 0 unspecified atom stereocenters. The van der Waals surface area contributed by atoms with Crippen LogP contribution in [0.4, 0.5) is 0 Å². The molecule has 0 spiro atoms. The summed E-state index contributed by atoms with van der Waals surface area (Å²) in [5.74, 6) is 0. The van der Waals surface area contributed by atoms with E-state index in [2.05, 4.69) is 0 Å². The van der Waals surface area contributed by atoms with Crippen LogP contribution in [0.3, 0.4) is 0 Å². The van der Waals surface area contributed by atoms with E-state index in [1.165, 1.54) is 0 Å². The van der Waals surface area contributed by atoms with Crippen LogP contribution in [0.2, 0.25) is 0 Å². The van der Waals surface area contributed by atoms with Crippen LogP contribution in [0.1, 0.15) is 0 Å². The van der Waals surface area contributed by atoms with Gasteiger partial charge in [0, 0.05) is 68.9 Å². The first kappa shape index (κ1) is 10.2. The van der Waals surface area contributed by atoms with Gasteiger partial charge < -0.3 is 0 Å². The van der Waals surface area contributed by atoms with Crippen molar-refractivity contribution in [1.29, 1.82) is 0 Å². The van der Waals surface area contributed by atoms with Gasteiger partial charge in [0.25, 0.3) is 0 Å². The fourth-order valence-electron chi connectivity index (χ4n) is 0. The summed E-state index contributed by atoms with van der Waals surface area (Å²) in [6.45, 7) is 0. The minimum atomic E-state index is -4.11. The summed E-state index contributed by atoms with van der Waals surface area (Å²) in [6, 6.07) is 0. The third-order valence-electron chi connectivity index (χ3n) is 0. The van der Waals surface area contributed by atoms with E-state index >= 15 is 0 Å². The van der Waals surface area contributed by atoms with E-state index in [1.807, 2.05) is 0 Å². The van der Waals surface area contributed by atoms with Gasteiger partial charge in [-0.3, -0.25) is 0 Å². The van der Waals surface area contributed by atoms with E-state index < -0.39 is 17.2 Å². The summed E-state index contributed by atoms with van der Waals surface area (Å²) < 4.78 is 25.8.